The third-order valence-corrected chi connectivity index (χ3v) is 5.58. The molecule has 2 aromatic rings. The molecule has 0 N–H and O–H groups in total. The van der Waals surface area contributed by atoms with Gasteiger partial charge < -0.3 is 4.90 Å². The molecule has 0 aliphatic carbocycles. The van der Waals surface area contributed by atoms with Crippen LogP contribution in [0, 0.1) is 29.1 Å². The first-order valence-corrected chi connectivity index (χ1v) is 8.79. The molecule has 0 atom stereocenters. The Labute approximate surface area is 147 Å². The first kappa shape index (κ1) is 20.0. The molecular weight excluding hydrogens is 379 g/mol. The molecule has 2 rings (SSSR count). The van der Waals surface area contributed by atoms with Gasteiger partial charge in [0.1, 0.15) is 0 Å². The minimum absolute atomic E-state index is 0.0158. The lowest BCUT2D eigenvalue weighted by Crippen LogP contribution is -2.33. The van der Waals surface area contributed by atoms with Gasteiger partial charge in [0.25, 0.3) is 10.0 Å². The molecule has 142 valence electrons. The van der Waals surface area contributed by atoms with Gasteiger partial charge in [-0.25, -0.2) is 30.4 Å². The van der Waals surface area contributed by atoms with E-state index < -0.39 is 44.0 Å². The van der Waals surface area contributed by atoms with Gasteiger partial charge in [0.05, 0.1) is 5.69 Å². The predicted octanol–water partition coefficient (Wildman–Crippen LogP) is 3.66. The predicted molar refractivity (Wildman–Crippen MR) is 87.2 cm³/mol. The van der Waals surface area contributed by atoms with Crippen LogP contribution in [0.15, 0.2) is 29.2 Å². The Morgan fingerprint density at radius 2 is 1.15 bits per heavy atom. The molecule has 0 aromatic heterocycles. The van der Waals surface area contributed by atoms with Crippen molar-refractivity contribution < 1.29 is 30.4 Å². The fraction of sp³-hybridized carbons (Fsp3) is 0.250. The van der Waals surface area contributed by atoms with Gasteiger partial charge in [-0.05, 0) is 31.2 Å². The first-order chi connectivity index (χ1) is 12.0. The summed E-state index contributed by atoms with van der Waals surface area (Å²) in [5.41, 5.74) is 0.737. The van der Waals surface area contributed by atoms with Crippen molar-refractivity contribution in [2.45, 2.75) is 11.8 Å². The first-order valence-electron chi connectivity index (χ1n) is 7.35. The highest BCUT2D eigenvalue weighted by molar-refractivity contribution is 7.92. The van der Waals surface area contributed by atoms with E-state index in [4.69, 9.17) is 0 Å². The van der Waals surface area contributed by atoms with Gasteiger partial charge in [0.15, 0.2) is 28.2 Å². The summed E-state index contributed by atoms with van der Waals surface area (Å²) in [7, 11) is -1.54. The van der Waals surface area contributed by atoms with Gasteiger partial charge in [-0.2, -0.15) is 0 Å². The maximum absolute atomic E-state index is 13.9. The van der Waals surface area contributed by atoms with Crippen molar-refractivity contribution >= 4 is 21.4 Å². The van der Waals surface area contributed by atoms with Crippen molar-refractivity contribution in [2.24, 2.45) is 0 Å². The monoisotopic (exact) mass is 394 g/mol. The molecule has 0 heterocycles. The van der Waals surface area contributed by atoms with Crippen LogP contribution in [0.25, 0.3) is 0 Å². The minimum Gasteiger partial charge on any atom is -0.378 e. The molecule has 0 aliphatic rings. The van der Waals surface area contributed by atoms with E-state index in [0.29, 0.717) is 4.31 Å². The van der Waals surface area contributed by atoms with Crippen LogP contribution in [0.2, 0.25) is 0 Å². The zero-order valence-electron chi connectivity index (χ0n) is 14.0. The Kier molecular flexibility index (Phi) is 5.45. The van der Waals surface area contributed by atoms with Crippen LogP contribution >= 0.6 is 0 Å². The van der Waals surface area contributed by atoms with E-state index in [9.17, 15) is 30.4 Å². The molecule has 0 saturated carbocycles. The van der Waals surface area contributed by atoms with Crippen LogP contribution < -0.4 is 9.21 Å². The summed E-state index contributed by atoms with van der Waals surface area (Å²) in [4.78, 5) is -0.147. The Bertz CT molecular complexity index is 902. The number of rotatable bonds is 5. The molecule has 0 spiro atoms. The number of nitrogens with zero attached hydrogens (tertiary/aromatic N) is 2. The van der Waals surface area contributed by atoms with Crippen LogP contribution in [0.1, 0.15) is 6.92 Å². The van der Waals surface area contributed by atoms with Crippen molar-refractivity contribution in [1.29, 1.82) is 0 Å². The number of halogens is 5. The van der Waals surface area contributed by atoms with Gasteiger partial charge in [-0.3, -0.25) is 4.31 Å². The molecule has 0 radical (unpaired) electrons. The van der Waals surface area contributed by atoms with Gasteiger partial charge in [-0.15, -0.1) is 0 Å². The summed E-state index contributed by atoms with van der Waals surface area (Å²) >= 11 is 0. The second-order valence-corrected chi connectivity index (χ2v) is 7.28. The van der Waals surface area contributed by atoms with Crippen molar-refractivity contribution in [1.82, 2.24) is 0 Å². The molecule has 4 nitrogen and oxygen atoms in total. The second-order valence-electron chi connectivity index (χ2n) is 5.48. The Morgan fingerprint density at radius 1 is 0.769 bits per heavy atom. The third-order valence-electron chi connectivity index (χ3n) is 3.66. The van der Waals surface area contributed by atoms with Crippen LogP contribution in [0.5, 0.6) is 0 Å². The Hall–Kier alpha value is -2.36. The summed E-state index contributed by atoms with van der Waals surface area (Å²) in [6.07, 6.45) is 0. The van der Waals surface area contributed by atoms with E-state index in [1.807, 2.05) is 0 Å². The highest BCUT2D eigenvalue weighted by Crippen LogP contribution is 2.31. The number of hydrogen-bond acceptors (Lipinski definition) is 3. The normalized spacial score (nSPS) is 11.5. The zero-order chi connectivity index (χ0) is 19.8. The van der Waals surface area contributed by atoms with Gasteiger partial charge >= 0.3 is 0 Å². The smallest absolute Gasteiger partial charge is 0.270 e. The summed E-state index contributed by atoms with van der Waals surface area (Å²) < 4.78 is 93.7. The lowest BCUT2D eigenvalue weighted by molar-refractivity contribution is 0.357. The van der Waals surface area contributed by atoms with Gasteiger partial charge in [-0.1, -0.05) is 0 Å². The van der Waals surface area contributed by atoms with Crippen LogP contribution in [0.3, 0.4) is 0 Å². The molecule has 0 saturated heterocycles. The number of anilines is 2. The van der Waals surface area contributed by atoms with Crippen molar-refractivity contribution in [2.75, 3.05) is 29.8 Å². The van der Waals surface area contributed by atoms with Gasteiger partial charge in [0.2, 0.25) is 5.82 Å². The maximum atomic E-state index is 13.9. The summed E-state index contributed by atoms with van der Waals surface area (Å²) in [6, 6.07) is 5.82. The molecule has 0 fully saturated rings. The molecule has 2 aromatic carbocycles. The highest BCUT2D eigenvalue weighted by Gasteiger charge is 2.36. The Morgan fingerprint density at radius 3 is 1.54 bits per heavy atom. The van der Waals surface area contributed by atoms with E-state index in [-0.39, 0.29) is 12.2 Å². The van der Waals surface area contributed by atoms with E-state index in [0.717, 1.165) is 5.69 Å². The fourth-order valence-electron chi connectivity index (χ4n) is 2.33. The average molecular weight is 394 g/mol. The minimum atomic E-state index is -5.04. The van der Waals surface area contributed by atoms with E-state index >= 15 is 0 Å². The topological polar surface area (TPSA) is 40.6 Å². The average Bonchev–Trinajstić information content (AvgIpc) is 2.59. The molecule has 0 bridgehead atoms. The summed E-state index contributed by atoms with van der Waals surface area (Å²) in [5, 5.41) is 0. The lowest BCUT2D eigenvalue weighted by atomic mass is 10.2. The van der Waals surface area contributed by atoms with Crippen LogP contribution in [0.4, 0.5) is 33.3 Å². The van der Waals surface area contributed by atoms with E-state index in [1.165, 1.54) is 19.1 Å². The summed E-state index contributed by atoms with van der Waals surface area (Å²) in [6.45, 7) is 1.08. The van der Waals surface area contributed by atoms with Crippen molar-refractivity contribution in [3.05, 3.63) is 53.4 Å². The molecule has 26 heavy (non-hydrogen) atoms. The van der Waals surface area contributed by atoms with E-state index in [2.05, 4.69) is 0 Å². The molecule has 0 amide bonds. The molecule has 0 unspecified atom stereocenters. The molecule has 0 aliphatic heterocycles. The third kappa shape index (κ3) is 3.20. The quantitative estimate of drug-likeness (QED) is 0.442. The van der Waals surface area contributed by atoms with Gasteiger partial charge in [0, 0.05) is 26.3 Å². The Balaban J connectivity index is 2.65. The SMILES string of the molecule is CCN(c1ccc(N(C)C)cc1)S(=O)(=O)c1c(F)c(F)c(F)c(F)c1F. The maximum Gasteiger partial charge on any atom is 0.270 e. The zero-order valence-corrected chi connectivity index (χ0v) is 14.8. The number of hydrogen-bond donors (Lipinski definition) is 0. The lowest BCUT2D eigenvalue weighted by Gasteiger charge is -2.24. The fourth-order valence-corrected chi connectivity index (χ4v) is 3.92. The molecular formula is C16H15F5N2O2S. The number of sulfonamides is 1. The van der Waals surface area contributed by atoms with Crippen molar-refractivity contribution in [3.63, 3.8) is 0 Å². The van der Waals surface area contributed by atoms with E-state index in [1.54, 1.807) is 31.1 Å². The van der Waals surface area contributed by atoms with Crippen molar-refractivity contribution in [3.8, 4) is 0 Å². The van der Waals surface area contributed by atoms with Crippen LogP contribution in [-0.2, 0) is 10.0 Å². The highest BCUT2D eigenvalue weighted by atomic mass is 32.2. The second kappa shape index (κ2) is 7.10. The van der Waals surface area contributed by atoms with Crippen LogP contribution in [-0.4, -0.2) is 29.1 Å². The largest absolute Gasteiger partial charge is 0.378 e. The summed E-state index contributed by atoms with van der Waals surface area (Å²) in [5.74, 6) is -11.9. The molecule has 10 heteroatoms. The number of benzene rings is 2. The standard InChI is InChI=1S/C16H15F5N2O2S/c1-4-23(10-7-5-9(6-8-10)22(2)3)26(24,25)16-14(20)12(18)11(17)13(19)15(16)21/h5-8H,4H2,1-3H3.